The largest absolute Gasteiger partial charge is 0.489 e. The highest BCUT2D eigenvalue weighted by molar-refractivity contribution is 5.90. The molecule has 5 heteroatoms. The summed E-state index contributed by atoms with van der Waals surface area (Å²) in [5.74, 6) is 0.790. The lowest BCUT2D eigenvalue weighted by atomic mass is 10.2. The Hall–Kier alpha value is -2.53. The Kier molecular flexibility index (Phi) is 5.33. The van der Waals surface area contributed by atoms with Crippen LogP contribution in [0.5, 0.6) is 5.75 Å². The van der Waals surface area contributed by atoms with Crippen LogP contribution in [0.3, 0.4) is 0 Å². The molecule has 1 aliphatic rings. The van der Waals surface area contributed by atoms with Gasteiger partial charge in [0.25, 0.3) is 0 Å². The molecule has 2 aromatic rings. The molecule has 126 valence electrons. The fraction of sp³-hybridized carbons (Fsp3) is 0.316. The van der Waals surface area contributed by atoms with Crippen LogP contribution >= 0.6 is 0 Å². The molecule has 24 heavy (non-hydrogen) atoms. The van der Waals surface area contributed by atoms with E-state index in [0.29, 0.717) is 13.2 Å². The average molecular weight is 326 g/mol. The van der Waals surface area contributed by atoms with Crippen molar-refractivity contribution < 1.29 is 14.6 Å². The number of nitrogens with zero attached hydrogens (tertiary/aromatic N) is 1. The number of aliphatic hydroxyl groups is 1. The van der Waals surface area contributed by atoms with E-state index < -0.39 is 0 Å². The first-order chi connectivity index (χ1) is 11.8. The van der Waals surface area contributed by atoms with Crippen LogP contribution in [0.4, 0.5) is 10.5 Å². The molecule has 0 heterocycles. The molecular formula is C19H22N2O3. The van der Waals surface area contributed by atoms with Gasteiger partial charge in [-0.25, -0.2) is 4.79 Å². The molecule has 0 bridgehead atoms. The van der Waals surface area contributed by atoms with Crippen molar-refractivity contribution in [3.8, 4) is 5.75 Å². The molecule has 5 nitrogen and oxygen atoms in total. The van der Waals surface area contributed by atoms with Gasteiger partial charge in [-0.3, -0.25) is 0 Å². The predicted molar refractivity (Wildman–Crippen MR) is 93.0 cm³/mol. The second kappa shape index (κ2) is 7.84. The number of nitrogens with one attached hydrogen (secondary N) is 1. The standard InChI is InChI=1S/C19H22N2O3/c22-13-12-21(16-10-11-16)19(23)20-18-9-5-4-6-15(18)14-24-17-7-2-1-3-8-17/h1-9,16,22H,10-14H2,(H,20,23). The van der Waals surface area contributed by atoms with Crippen LogP contribution in [0.25, 0.3) is 0 Å². The molecule has 0 aliphatic heterocycles. The minimum absolute atomic E-state index is 0.0251. The number of aliphatic hydroxyl groups excluding tert-OH is 1. The zero-order valence-corrected chi connectivity index (χ0v) is 13.5. The van der Waals surface area contributed by atoms with Crippen molar-refractivity contribution in [2.75, 3.05) is 18.5 Å². The molecular weight excluding hydrogens is 304 g/mol. The normalized spacial score (nSPS) is 13.4. The summed E-state index contributed by atoms with van der Waals surface area (Å²) in [6.45, 7) is 0.714. The number of anilines is 1. The number of urea groups is 1. The molecule has 2 aromatic carbocycles. The van der Waals surface area contributed by atoms with Crippen molar-refractivity contribution in [3.05, 3.63) is 60.2 Å². The molecule has 3 rings (SSSR count). The third-order valence-electron chi connectivity index (χ3n) is 3.99. The molecule has 2 amide bonds. The van der Waals surface area contributed by atoms with Crippen LogP contribution in [0.15, 0.2) is 54.6 Å². The first kappa shape index (κ1) is 16.3. The van der Waals surface area contributed by atoms with E-state index in [0.717, 1.165) is 29.8 Å². The molecule has 1 saturated carbocycles. The summed E-state index contributed by atoms with van der Waals surface area (Å²) < 4.78 is 5.78. The summed E-state index contributed by atoms with van der Waals surface area (Å²) in [5, 5.41) is 12.1. The monoisotopic (exact) mass is 326 g/mol. The fourth-order valence-corrected chi connectivity index (χ4v) is 2.58. The van der Waals surface area contributed by atoms with Crippen LogP contribution < -0.4 is 10.1 Å². The summed E-state index contributed by atoms with van der Waals surface area (Å²) in [7, 11) is 0. The smallest absolute Gasteiger partial charge is 0.322 e. The summed E-state index contributed by atoms with van der Waals surface area (Å²) in [6.07, 6.45) is 2.01. The van der Waals surface area contributed by atoms with Crippen LogP contribution in [0.2, 0.25) is 0 Å². The lowest BCUT2D eigenvalue weighted by Crippen LogP contribution is -2.38. The third-order valence-corrected chi connectivity index (χ3v) is 3.99. The van der Waals surface area contributed by atoms with E-state index in [4.69, 9.17) is 9.84 Å². The van der Waals surface area contributed by atoms with Gasteiger partial charge in [0.15, 0.2) is 0 Å². The van der Waals surface area contributed by atoms with Crippen molar-refractivity contribution in [2.24, 2.45) is 0 Å². The summed E-state index contributed by atoms with van der Waals surface area (Å²) in [4.78, 5) is 14.2. The first-order valence-corrected chi connectivity index (χ1v) is 8.22. The topological polar surface area (TPSA) is 61.8 Å². The first-order valence-electron chi connectivity index (χ1n) is 8.22. The molecule has 0 saturated heterocycles. The molecule has 0 spiro atoms. The van der Waals surface area contributed by atoms with Gasteiger partial charge in [-0.05, 0) is 31.0 Å². The Morgan fingerprint density at radius 3 is 2.54 bits per heavy atom. The second-order valence-corrected chi connectivity index (χ2v) is 5.84. The zero-order chi connectivity index (χ0) is 16.8. The maximum absolute atomic E-state index is 12.5. The number of hydrogen-bond acceptors (Lipinski definition) is 3. The van der Waals surface area contributed by atoms with Crippen molar-refractivity contribution in [1.29, 1.82) is 0 Å². The van der Waals surface area contributed by atoms with E-state index in [1.807, 2.05) is 54.6 Å². The van der Waals surface area contributed by atoms with Gasteiger partial charge >= 0.3 is 6.03 Å². The Balaban J connectivity index is 1.66. The van der Waals surface area contributed by atoms with E-state index >= 15 is 0 Å². The van der Waals surface area contributed by atoms with Crippen molar-refractivity contribution in [3.63, 3.8) is 0 Å². The van der Waals surface area contributed by atoms with Crippen molar-refractivity contribution in [1.82, 2.24) is 4.90 Å². The number of hydrogen-bond donors (Lipinski definition) is 2. The number of para-hydroxylation sites is 2. The maximum Gasteiger partial charge on any atom is 0.322 e. The van der Waals surface area contributed by atoms with Gasteiger partial charge in [0, 0.05) is 23.8 Å². The number of ether oxygens (including phenoxy) is 1. The Bertz CT molecular complexity index is 671. The van der Waals surface area contributed by atoms with E-state index in [1.54, 1.807) is 4.90 Å². The number of benzene rings is 2. The zero-order valence-electron chi connectivity index (χ0n) is 13.5. The summed E-state index contributed by atoms with van der Waals surface area (Å²) >= 11 is 0. The maximum atomic E-state index is 12.5. The minimum atomic E-state index is -0.168. The Labute approximate surface area is 141 Å². The minimum Gasteiger partial charge on any atom is -0.489 e. The van der Waals surface area contributed by atoms with E-state index in [1.165, 1.54) is 0 Å². The van der Waals surface area contributed by atoms with E-state index in [2.05, 4.69) is 5.32 Å². The second-order valence-electron chi connectivity index (χ2n) is 5.84. The number of carbonyl (C=O) groups is 1. The molecule has 1 fully saturated rings. The van der Waals surface area contributed by atoms with Crippen LogP contribution in [-0.4, -0.2) is 35.2 Å². The lowest BCUT2D eigenvalue weighted by molar-refractivity contribution is 0.185. The van der Waals surface area contributed by atoms with Crippen LogP contribution in [0.1, 0.15) is 18.4 Å². The molecule has 2 N–H and O–H groups in total. The average Bonchev–Trinajstić information content (AvgIpc) is 3.44. The lowest BCUT2D eigenvalue weighted by Gasteiger charge is -2.22. The van der Waals surface area contributed by atoms with E-state index in [9.17, 15) is 4.79 Å². The van der Waals surface area contributed by atoms with Gasteiger partial charge in [-0.15, -0.1) is 0 Å². The number of amides is 2. The van der Waals surface area contributed by atoms with Gasteiger partial charge in [0.05, 0.1) is 6.61 Å². The Morgan fingerprint density at radius 2 is 1.83 bits per heavy atom. The molecule has 0 atom stereocenters. The summed E-state index contributed by atoms with van der Waals surface area (Å²) in [6, 6.07) is 17.3. The fourth-order valence-electron chi connectivity index (χ4n) is 2.58. The quantitative estimate of drug-likeness (QED) is 0.821. The summed E-state index contributed by atoms with van der Waals surface area (Å²) in [5.41, 5.74) is 1.65. The highest BCUT2D eigenvalue weighted by Gasteiger charge is 2.32. The number of rotatable bonds is 7. The highest BCUT2D eigenvalue weighted by Crippen LogP contribution is 2.27. The molecule has 0 aromatic heterocycles. The van der Waals surface area contributed by atoms with Crippen molar-refractivity contribution in [2.45, 2.75) is 25.5 Å². The third kappa shape index (κ3) is 4.26. The SMILES string of the molecule is O=C(Nc1ccccc1COc1ccccc1)N(CCO)C1CC1. The van der Waals surface area contributed by atoms with Gasteiger partial charge < -0.3 is 20.1 Å². The number of carbonyl (C=O) groups excluding carboxylic acids is 1. The van der Waals surface area contributed by atoms with Crippen LogP contribution in [-0.2, 0) is 6.61 Å². The van der Waals surface area contributed by atoms with Gasteiger partial charge in [-0.2, -0.15) is 0 Å². The Morgan fingerprint density at radius 1 is 1.12 bits per heavy atom. The van der Waals surface area contributed by atoms with E-state index in [-0.39, 0.29) is 18.7 Å². The van der Waals surface area contributed by atoms with Gasteiger partial charge in [0.2, 0.25) is 0 Å². The highest BCUT2D eigenvalue weighted by atomic mass is 16.5. The predicted octanol–water partition coefficient (Wildman–Crippen LogP) is 3.25. The molecule has 1 aliphatic carbocycles. The molecule has 0 unspecified atom stereocenters. The van der Waals surface area contributed by atoms with Crippen LogP contribution in [0, 0.1) is 0 Å². The van der Waals surface area contributed by atoms with Crippen molar-refractivity contribution >= 4 is 11.7 Å². The molecule has 0 radical (unpaired) electrons. The van der Waals surface area contributed by atoms with Gasteiger partial charge in [0.1, 0.15) is 12.4 Å². The van der Waals surface area contributed by atoms with Gasteiger partial charge in [-0.1, -0.05) is 36.4 Å².